The molecule has 4 unspecified atom stereocenters. The van der Waals surface area contributed by atoms with E-state index in [1.165, 1.54) is 0 Å². The molecule has 0 amide bonds. The van der Waals surface area contributed by atoms with Gasteiger partial charge in [-0.25, -0.2) is 0 Å². The Morgan fingerprint density at radius 1 is 0.739 bits per heavy atom. The van der Waals surface area contributed by atoms with Crippen molar-refractivity contribution in [3.8, 4) is 0 Å². The zero-order valence-corrected chi connectivity index (χ0v) is 11.9. The fourth-order valence-corrected chi connectivity index (χ4v) is 2.43. The molecule has 11 heteroatoms. The number of hydrogen-bond donors (Lipinski definition) is 0. The third-order valence-corrected chi connectivity index (χ3v) is 3.21. The summed E-state index contributed by atoms with van der Waals surface area (Å²) < 4.78 is 97.7. The Labute approximate surface area is 127 Å². The summed E-state index contributed by atoms with van der Waals surface area (Å²) in [5.41, 5.74) is 0. The van der Waals surface area contributed by atoms with Crippen molar-refractivity contribution in [3.05, 3.63) is 0 Å². The minimum atomic E-state index is -4.48. The van der Waals surface area contributed by atoms with Gasteiger partial charge in [-0.05, 0) is 0 Å². The topological polar surface area (TPSA) is 46.2 Å². The monoisotopic (exact) mass is 354 g/mol. The van der Waals surface area contributed by atoms with E-state index in [9.17, 15) is 26.3 Å². The molecular formula is C12H16F6O5. The predicted molar refractivity (Wildman–Crippen MR) is 61.9 cm³/mol. The van der Waals surface area contributed by atoms with Crippen LogP contribution in [0.15, 0.2) is 0 Å². The average molecular weight is 354 g/mol. The van der Waals surface area contributed by atoms with Crippen LogP contribution in [0.4, 0.5) is 26.3 Å². The zero-order chi connectivity index (χ0) is 17.1. The molecule has 2 heterocycles. The maximum absolute atomic E-state index is 12.1. The van der Waals surface area contributed by atoms with Crippen molar-refractivity contribution in [3.63, 3.8) is 0 Å². The summed E-state index contributed by atoms with van der Waals surface area (Å²) in [5, 5.41) is 0. The van der Waals surface area contributed by atoms with Gasteiger partial charge in [0.2, 0.25) is 0 Å². The summed E-state index contributed by atoms with van der Waals surface area (Å²) in [7, 11) is 0. The second kappa shape index (κ2) is 7.51. The van der Waals surface area contributed by atoms with Crippen molar-refractivity contribution >= 4 is 0 Å². The molecule has 4 atom stereocenters. The van der Waals surface area contributed by atoms with Crippen LogP contribution in [0.5, 0.6) is 0 Å². The van der Waals surface area contributed by atoms with Gasteiger partial charge in [0.25, 0.3) is 0 Å². The Morgan fingerprint density at radius 3 is 1.48 bits per heavy atom. The fraction of sp³-hybridized carbons (Fsp3) is 1.00. The highest BCUT2D eigenvalue weighted by molar-refractivity contribution is 4.94. The van der Waals surface area contributed by atoms with Crippen LogP contribution in [0.1, 0.15) is 0 Å². The van der Waals surface area contributed by atoms with Crippen LogP contribution in [0, 0.1) is 0 Å². The van der Waals surface area contributed by atoms with Gasteiger partial charge in [0.1, 0.15) is 37.6 Å². The molecule has 0 aromatic rings. The van der Waals surface area contributed by atoms with Gasteiger partial charge in [-0.2, -0.15) is 26.3 Å². The molecule has 2 saturated heterocycles. The lowest BCUT2D eigenvalue weighted by molar-refractivity contribution is -0.189. The highest BCUT2D eigenvalue weighted by atomic mass is 19.4. The van der Waals surface area contributed by atoms with Crippen LogP contribution in [-0.4, -0.2) is 76.4 Å². The normalized spacial score (nSPS) is 32.1. The molecule has 0 N–H and O–H groups in total. The molecule has 0 aromatic carbocycles. The van der Waals surface area contributed by atoms with Gasteiger partial charge in [-0.15, -0.1) is 0 Å². The summed E-state index contributed by atoms with van der Waals surface area (Å²) in [4.78, 5) is 0. The van der Waals surface area contributed by atoms with Crippen LogP contribution in [0.25, 0.3) is 0 Å². The number of hydrogen-bond acceptors (Lipinski definition) is 5. The SMILES string of the molecule is FC(F)(F)COCC1OC(COCC(F)(F)F)C2OCCOC12. The Kier molecular flexibility index (Phi) is 6.11. The number of alkyl halides is 6. The van der Waals surface area contributed by atoms with Crippen molar-refractivity contribution in [1.82, 2.24) is 0 Å². The molecule has 0 aromatic heterocycles. The van der Waals surface area contributed by atoms with Crippen molar-refractivity contribution in [1.29, 1.82) is 0 Å². The highest BCUT2D eigenvalue weighted by Gasteiger charge is 2.48. The van der Waals surface area contributed by atoms with Crippen LogP contribution in [0.3, 0.4) is 0 Å². The van der Waals surface area contributed by atoms with E-state index in [1.807, 2.05) is 0 Å². The van der Waals surface area contributed by atoms with E-state index in [0.29, 0.717) is 0 Å². The highest BCUT2D eigenvalue weighted by Crippen LogP contribution is 2.30. The molecule has 5 nitrogen and oxygen atoms in total. The molecule has 23 heavy (non-hydrogen) atoms. The summed E-state index contributed by atoms with van der Waals surface area (Å²) >= 11 is 0. The zero-order valence-electron chi connectivity index (χ0n) is 11.9. The Hall–Kier alpha value is -0.620. The van der Waals surface area contributed by atoms with Crippen molar-refractivity contribution < 1.29 is 50.0 Å². The first-order valence-corrected chi connectivity index (χ1v) is 6.83. The molecule has 2 fully saturated rings. The van der Waals surface area contributed by atoms with Crippen molar-refractivity contribution in [2.45, 2.75) is 36.8 Å². The van der Waals surface area contributed by atoms with E-state index < -0.39 is 63.2 Å². The third-order valence-electron chi connectivity index (χ3n) is 3.21. The molecule has 0 bridgehead atoms. The van der Waals surface area contributed by atoms with Gasteiger partial charge in [0.05, 0.1) is 26.4 Å². The van der Waals surface area contributed by atoms with Gasteiger partial charge in [0.15, 0.2) is 0 Å². The van der Waals surface area contributed by atoms with Gasteiger partial charge < -0.3 is 23.7 Å². The number of ether oxygens (including phenoxy) is 5. The van der Waals surface area contributed by atoms with E-state index in [1.54, 1.807) is 0 Å². The first-order chi connectivity index (χ1) is 10.7. The minimum Gasteiger partial charge on any atom is -0.370 e. The van der Waals surface area contributed by atoms with Crippen LogP contribution in [-0.2, 0) is 23.7 Å². The average Bonchev–Trinajstić information content (AvgIpc) is 2.75. The maximum Gasteiger partial charge on any atom is 0.411 e. The standard InChI is InChI=1S/C12H16F6O5/c13-11(14,15)5-19-3-7-9-10(22-2-1-21-9)8(23-7)4-20-6-12(16,17)18/h7-10H,1-6H2. The Bertz CT molecular complexity index is 340. The first-order valence-electron chi connectivity index (χ1n) is 6.83. The molecule has 136 valence electrons. The van der Waals surface area contributed by atoms with Crippen LogP contribution >= 0.6 is 0 Å². The van der Waals surface area contributed by atoms with E-state index in [0.717, 1.165) is 0 Å². The van der Waals surface area contributed by atoms with Crippen molar-refractivity contribution in [2.75, 3.05) is 39.6 Å². The van der Waals surface area contributed by atoms with E-state index in [2.05, 4.69) is 9.47 Å². The number of rotatable bonds is 6. The van der Waals surface area contributed by atoms with Gasteiger partial charge in [-0.1, -0.05) is 0 Å². The lowest BCUT2D eigenvalue weighted by Gasteiger charge is -2.29. The second-order valence-electron chi connectivity index (χ2n) is 5.14. The minimum absolute atomic E-state index is 0.219. The van der Waals surface area contributed by atoms with Crippen LogP contribution in [0.2, 0.25) is 0 Å². The van der Waals surface area contributed by atoms with E-state index in [-0.39, 0.29) is 13.2 Å². The largest absolute Gasteiger partial charge is 0.411 e. The van der Waals surface area contributed by atoms with Crippen molar-refractivity contribution in [2.24, 2.45) is 0 Å². The second-order valence-corrected chi connectivity index (χ2v) is 5.14. The number of fused-ring (bicyclic) bond motifs is 1. The lowest BCUT2D eigenvalue weighted by atomic mass is 10.1. The van der Waals surface area contributed by atoms with Gasteiger partial charge in [-0.3, -0.25) is 0 Å². The molecule has 2 rings (SSSR count). The molecule has 0 saturated carbocycles. The third kappa shape index (κ3) is 6.07. The smallest absolute Gasteiger partial charge is 0.370 e. The molecular weight excluding hydrogens is 338 g/mol. The molecule has 0 radical (unpaired) electrons. The molecule has 2 aliphatic rings. The summed E-state index contributed by atoms with van der Waals surface area (Å²) in [5.74, 6) is 0. The maximum atomic E-state index is 12.1. The summed E-state index contributed by atoms with van der Waals surface area (Å²) in [6.45, 7) is -3.26. The first kappa shape index (κ1) is 18.7. The Balaban J connectivity index is 1.84. The quantitative estimate of drug-likeness (QED) is 0.680. The molecule has 2 aliphatic heterocycles. The predicted octanol–water partition coefficient (Wildman–Crippen LogP) is 1.70. The molecule has 0 aliphatic carbocycles. The summed E-state index contributed by atoms with van der Waals surface area (Å²) in [6.07, 6.45) is -12.1. The van der Waals surface area contributed by atoms with Gasteiger partial charge >= 0.3 is 12.4 Å². The van der Waals surface area contributed by atoms with Crippen LogP contribution < -0.4 is 0 Å². The molecule has 0 spiro atoms. The summed E-state index contributed by atoms with van der Waals surface area (Å²) in [6, 6.07) is 0. The fourth-order valence-electron chi connectivity index (χ4n) is 2.43. The lowest BCUT2D eigenvalue weighted by Crippen LogP contribution is -2.45. The van der Waals surface area contributed by atoms with E-state index in [4.69, 9.17) is 14.2 Å². The van der Waals surface area contributed by atoms with Gasteiger partial charge in [0, 0.05) is 0 Å². The Morgan fingerprint density at radius 2 is 1.13 bits per heavy atom. The number of halogens is 6. The van der Waals surface area contributed by atoms with E-state index >= 15 is 0 Å².